The van der Waals surface area contributed by atoms with Gasteiger partial charge in [-0.05, 0) is 68.4 Å². The van der Waals surface area contributed by atoms with E-state index in [9.17, 15) is 9.59 Å². The molecule has 5 rings (SSSR count). The van der Waals surface area contributed by atoms with Crippen molar-refractivity contribution in [2.75, 3.05) is 6.61 Å². The number of nitrogens with one attached hydrogen (secondary N) is 1. The first kappa shape index (κ1) is 15.5. The third-order valence-electron chi connectivity index (χ3n) is 5.55. The molecule has 4 aliphatic rings. The topological polar surface area (TPSA) is 55.4 Å². The first-order valence-electron chi connectivity index (χ1n) is 8.25. The summed E-state index contributed by atoms with van der Waals surface area (Å²) in [7, 11) is 0. The third-order valence-corrected chi connectivity index (χ3v) is 6.76. The minimum Gasteiger partial charge on any atom is -0.451 e. The molecule has 1 amide bonds. The van der Waals surface area contributed by atoms with Gasteiger partial charge in [-0.3, -0.25) is 4.79 Å². The summed E-state index contributed by atoms with van der Waals surface area (Å²) in [5.74, 6) is 1.66. The second-order valence-corrected chi connectivity index (χ2v) is 9.14. The van der Waals surface area contributed by atoms with Gasteiger partial charge in [-0.1, -0.05) is 11.6 Å². The van der Waals surface area contributed by atoms with Gasteiger partial charge in [0.2, 0.25) is 0 Å². The molecule has 4 fully saturated rings. The van der Waals surface area contributed by atoms with Crippen molar-refractivity contribution < 1.29 is 14.3 Å². The van der Waals surface area contributed by atoms with Crippen molar-refractivity contribution in [3.8, 4) is 0 Å². The maximum Gasteiger partial charge on any atom is 0.348 e. The van der Waals surface area contributed by atoms with Crippen LogP contribution in [0.15, 0.2) is 12.1 Å². The summed E-state index contributed by atoms with van der Waals surface area (Å²) in [5, 5.41) is 3.20. The molecule has 0 aliphatic heterocycles. The lowest BCUT2D eigenvalue weighted by Crippen LogP contribution is -2.60. The Hall–Kier alpha value is -1.07. The first-order chi connectivity index (χ1) is 11.0. The normalized spacial score (nSPS) is 34.4. The maximum absolute atomic E-state index is 12.3. The van der Waals surface area contributed by atoms with Gasteiger partial charge >= 0.3 is 5.97 Å². The number of thiophene rings is 1. The summed E-state index contributed by atoms with van der Waals surface area (Å²) in [6.45, 7) is -0.212. The van der Waals surface area contributed by atoms with E-state index in [1.807, 2.05) is 0 Å². The van der Waals surface area contributed by atoms with Crippen LogP contribution in [0.25, 0.3) is 0 Å². The van der Waals surface area contributed by atoms with E-state index in [1.165, 1.54) is 19.3 Å². The zero-order valence-electron chi connectivity index (χ0n) is 12.8. The fourth-order valence-electron chi connectivity index (χ4n) is 5.22. The van der Waals surface area contributed by atoms with Gasteiger partial charge in [-0.15, -0.1) is 11.3 Å². The van der Waals surface area contributed by atoms with E-state index in [0.29, 0.717) is 9.21 Å². The molecule has 0 radical (unpaired) electrons. The Morgan fingerprint density at radius 2 is 1.78 bits per heavy atom. The van der Waals surface area contributed by atoms with Crippen LogP contribution in [0.2, 0.25) is 4.34 Å². The lowest BCUT2D eigenvalue weighted by atomic mass is 9.53. The van der Waals surface area contributed by atoms with Gasteiger partial charge in [-0.25, -0.2) is 4.79 Å². The quantitative estimate of drug-likeness (QED) is 0.841. The van der Waals surface area contributed by atoms with E-state index in [-0.39, 0.29) is 18.1 Å². The zero-order valence-corrected chi connectivity index (χ0v) is 14.4. The molecule has 0 spiro atoms. The van der Waals surface area contributed by atoms with Gasteiger partial charge < -0.3 is 10.1 Å². The minimum absolute atomic E-state index is 0.0372. The molecule has 1 N–H and O–H groups in total. The second-order valence-electron chi connectivity index (χ2n) is 7.43. The number of carbonyl (C=O) groups excluding carboxylic acids is 2. The standard InChI is InChI=1S/C17H20ClNO3S/c18-14-2-1-13(23-14)16(21)22-9-15(20)19-17-6-10-3-11(7-17)5-12(4-10)8-17/h1-2,10-12H,3-9H2,(H,19,20). The van der Waals surface area contributed by atoms with Gasteiger partial charge in [0, 0.05) is 5.54 Å². The Morgan fingerprint density at radius 1 is 1.17 bits per heavy atom. The predicted octanol–water partition coefficient (Wildman–Crippen LogP) is 3.64. The van der Waals surface area contributed by atoms with E-state index in [0.717, 1.165) is 48.4 Å². The molecule has 1 aromatic rings. The molecule has 4 nitrogen and oxygen atoms in total. The average molecular weight is 354 g/mol. The van der Waals surface area contributed by atoms with E-state index >= 15 is 0 Å². The molecule has 4 bridgehead atoms. The summed E-state index contributed by atoms with van der Waals surface area (Å²) in [4.78, 5) is 24.6. The van der Waals surface area contributed by atoms with Crippen molar-refractivity contribution in [2.45, 2.75) is 44.1 Å². The maximum atomic E-state index is 12.3. The molecule has 1 heterocycles. The number of carbonyl (C=O) groups is 2. The van der Waals surface area contributed by atoms with Crippen LogP contribution in [-0.4, -0.2) is 24.0 Å². The summed E-state index contributed by atoms with van der Waals surface area (Å²) in [5.41, 5.74) is -0.0372. The molecular weight excluding hydrogens is 334 g/mol. The number of hydrogen-bond acceptors (Lipinski definition) is 4. The molecule has 124 valence electrons. The number of rotatable bonds is 4. The molecule has 1 aromatic heterocycles. The lowest BCUT2D eigenvalue weighted by Gasteiger charge is -2.56. The van der Waals surface area contributed by atoms with Crippen LogP contribution in [0.3, 0.4) is 0 Å². The van der Waals surface area contributed by atoms with Crippen molar-refractivity contribution in [1.29, 1.82) is 0 Å². The number of hydrogen-bond donors (Lipinski definition) is 1. The summed E-state index contributed by atoms with van der Waals surface area (Å²) in [6, 6.07) is 3.27. The average Bonchev–Trinajstić information content (AvgIpc) is 2.89. The Kier molecular flexibility index (Phi) is 3.88. The fraction of sp³-hybridized carbons (Fsp3) is 0.647. The highest BCUT2D eigenvalue weighted by atomic mass is 35.5. The van der Waals surface area contributed by atoms with Gasteiger partial charge in [-0.2, -0.15) is 0 Å². The van der Waals surface area contributed by atoms with Crippen LogP contribution < -0.4 is 5.32 Å². The SMILES string of the molecule is O=C(COC(=O)c1ccc(Cl)s1)NC12CC3CC(CC(C3)C1)C2. The molecule has 6 heteroatoms. The summed E-state index contributed by atoms with van der Waals surface area (Å²) in [6.07, 6.45) is 7.30. The van der Waals surface area contributed by atoms with E-state index < -0.39 is 5.97 Å². The first-order valence-corrected chi connectivity index (χ1v) is 9.44. The van der Waals surface area contributed by atoms with Crippen LogP contribution in [0, 0.1) is 17.8 Å². The van der Waals surface area contributed by atoms with Crippen molar-refractivity contribution in [1.82, 2.24) is 5.32 Å². The molecule has 23 heavy (non-hydrogen) atoms. The molecule has 0 aromatic carbocycles. The zero-order chi connectivity index (χ0) is 16.0. The lowest BCUT2D eigenvalue weighted by molar-refractivity contribution is -0.130. The fourth-order valence-corrected chi connectivity index (χ4v) is 6.16. The van der Waals surface area contributed by atoms with Crippen LogP contribution in [-0.2, 0) is 9.53 Å². The van der Waals surface area contributed by atoms with Gasteiger partial charge in [0.05, 0.1) is 4.34 Å². The third kappa shape index (κ3) is 3.13. The highest BCUT2D eigenvalue weighted by molar-refractivity contribution is 7.17. The van der Waals surface area contributed by atoms with E-state index in [4.69, 9.17) is 16.3 Å². The number of esters is 1. The van der Waals surface area contributed by atoms with Crippen LogP contribution in [0.4, 0.5) is 0 Å². The highest BCUT2D eigenvalue weighted by Crippen LogP contribution is 2.55. The van der Waals surface area contributed by atoms with Crippen molar-refractivity contribution >= 4 is 34.8 Å². The molecular formula is C17H20ClNO3S. The molecule has 4 aliphatic carbocycles. The predicted molar refractivity (Wildman–Crippen MR) is 88.7 cm³/mol. The number of ether oxygens (including phenoxy) is 1. The smallest absolute Gasteiger partial charge is 0.348 e. The van der Waals surface area contributed by atoms with Crippen LogP contribution in [0.5, 0.6) is 0 Å². The Balaban J connectivity index is 1.33. The van der Waals surface area contributed by atoms with E-state index in [1.54, 1.807) is 12.1 Å². The second kappa shape index (κ2) is 5.78. The van der Waals surface area contributed by atoms with Crippen molar-refractivity contribution in [3.63, 3.8) is 0 Å². The number of halogens is 1. The molecule has 0 saturated heterocycles. The van der Waals surface area contributed by atoms with Crippen molar-refractivity contribution in [3.05, 3.63) is 21.3 Å². The molecule has 0 unspecified atom stereocenters. The Bertz CT molecular complexity index is 606. The van der Waals surface area contributed by atoms with Crippen LogP contribution in [0.1, 0.15) is 48.2 Å². The van der Waals surface area contributed by atoms with Gasteiger partial charge in [0.25, 0.3) is 5.91 Å². The Morgan fingerprint density at radius 3 is 2.30 bits per heavy atom. The number of amides is 1. The van der Waals surface area contributed by atoms with Crippen molar-refractivity contribution in [2.24, 2.45) is 17.8 Å². The summed E-state index contributed by atoms with van der Waals surface area (Å²) >= 11 is 6.96. The minimum atomic E-state index is -0.484. The summed E-state index contributed by atoms with van der Waals surface area (Å²) < 4.78 is 5.65. The monoisotopic (exact) mass is 353 g/mol. The Labute approximate surface area is 144 Å². The van der Waals surface area contributed by atoms with Gasteiger partial charge in [0.1, 0.15) is 4.88 Å². The van der Waals surface area contributed by atoms with Gasteiger partial charge in [0.15, 0.2) is 6.61 Å². The van der Waals surface area contributed by atoms with E-state index in [2.05, 4.69) is 5.32 Å². The molecule has 4 saturated carbocycles. The largest absolute Gasteiger partial charge is 0.451 e. The molecule has 0 atom stereocenters. The van der Waals surface area contributed by atoms with Crippen LogP contribution >= 0.6 is 22.9 Å². The highest BCUT2D eigenvalue weighted by Gasteiger charge is 2.51.